The third-order valence-electron chi connectivity index (χ3n) is 6.99. The van der Waals surface area contributed by atoms with Crippen molar-refractivity contribution in [3.63, 3.8) is 0 Å². The summed E-state index contributed by atoms with van der Waals surface area (Å²) >= 11 is 3.39. The fourth-order valence-corrected chi connectivity index (χ4v) is 5.96. The Kier molecular flexibility index (Phi) is 11.0. The molecular weight excluding hydrogens is 542 g/mol. The maximum Gasteiger partial charge on any atom is 0.326 e. The molecule has 2 atom stereocenters. The molecule has 212 valence electrons. The molecule has 1 aliphatic heterocycles. The molecule has 0 radical (unpaired) electrons. The summed E-state index contributed by atoms with van der Waals surface area (Å²) in [5.41, 5.74) is 6.44. The van der Waals surface area contributed by atoms with E-state index in [-0.39, 0.29) is 6.10 Å². The first-order valence-electron chi connectivity index (χ1n) is 13.6. The van der Waals surface area contributed by atoms with Crippen LogP contribution < -0.4 is 10.1 Å². The fourth-order valence-electron chi connectivity index (χ4n) is 4.75. The van der Waals surface area contributed by atoms with E-state index in [1.807, 2.05) is 61.3 Å². The van der Waals surface area contributed by atoms with Gasteiger partial charge in [-0.25, -0.2) is 4.79 Å². The average Bonchev–Trinajstić information content (AvgIpc) is 3.43. The van der Waals surface area contributed by atoms with Crippen LogP contribution in [0.25, 0.3) is 11.1 Å². The van der Waals surface area contributed by atoms with Crippen LogP contribution in [-0.2, 0) is 22.6 Å². The molecule has 0 saturated carbocycles. The van der Waals surface area contributed by atoms with Crippen molar-refractivity contribution in [2.45, 2.75) is 45.4 Å². The number of fused-ring (bicyclic) bond motifs is 1. The Morgan fingerprint density at radius 3 is 2.67 bits per heavy atom. The predicted molar refractivity (Wildman–Crippen MR) is 165 cm³/mol. The van der Waals surface area contributed by atoms with Crippen LogP contribution in [0.1, 0.15) is 52.1 Å². The number of carbonyl (C=O) groups excluding carboxylic acids is 1. The molecule has 0 aliphatic carbocycles. The first-order chi connectivity index (χ1) is 19.4. The molecule has 1 heterocycles. The zero-order valence-corrected chi connectivity index (χ0v) is 24.9. The van der Waals surface area contributed by atoms with E-state index in [4.69, 9.17) is 9.47 Å². The van der Waals surface area contributed by atoms with Gasteiger partial charge in [0.1, 0.15) is 11.8 Å². The molecule has 3 aromatic rings. The maximum absolute atomic E-state index is 13.4. The van der Waals surface area contributed by atoms with E-state index in [0.29, 0.717) is 24.3 Å². The molecule has 8 heteroatoms. The lowest BCUT2D eigenvalue weighted by Crippen LogP contribution is -2.41. The highest BCUT2D eigenvalue weighted by atomic mass is 32.2. The molecule has 3 aromatic carbocycles. The van der Waals surface area contributed by atoms with Crippen molar-refractivity contribution in [2.24, 2.45) is 0 Å². The normalized spacial score (nSPS) is 13.8. The largest absolute Gasteiger partial charge is 0.493 e. The Hall–Kier alpha value is -2.94. The molecule has 0 fully saturated rings. The minimum atomic E-state index is -1.03. The smallest absolute Gasteiger partial charge is 0.326 e. The van der Waals surface area contributed by atoms with Crippen LogP contribution in [0.2, 0.25) is 0 Å². The number of nitrogens with one attached hydrogen (secondary N) is 1. The van der Waals surface area contributed by atoms with Crippen molar-refractivity contribution in [3.8, 4) is 16.9 Å². The lowest BCUT2D eigenvalue weighted by Gasteiger charge is -2.20. The van der Waals surface area contributed by atoms with Crippen LogP contribution in [0, 0.1) is 6.92 Å². The van der Waals surface area contributed by atoms with Gasteiger partial charge in [-0.15, -0.1) is 0 Å². The SMILES string of the molecule is CCSC[C@@H](OCc1ccc(C(=O)N[C@@H](CCSC)C(=O)O)c(-c2ccccc2C)c1)c1ccc2c(c1)OCC2. The van der Waals surface area contributed by atoms with Gasteiger partial charge in [-0.05, 0) is 82.7 Å². The number of aliphatic carboxylic acids is 1. The number of rotatable bonds is 14. The van der Waals surface area contributed by atoms with Gasteiger partial charge in [-0.3, -0.25) is 4.79 Å². The molecule has 0 bridgehead atoms. The highest BCUT2D eigenvalue weighted by molar-refractivity contribution is 7.99. The quantitative estimate of drug-likeness (QED) is 0.224. The standard InChI is InChI=1S/C32H37NO5S2/c1-4-40-20-30(24-11-10-23-13-15-37-29(23)18-24)38-19-22-9-12-26(27(17-22)25-8-6-5-7-21(25)2)31(34)33-28(32(35)36)14-16-39-3/h5-12,17-18,28,30H,4,13-16,19-20H2,1-3H3,(H,33,34)(H,35,36)/t28-,30+/m0/s1. The van der Waals surface area contributed by atoms with Crippen LogP contribution in [0.3, 0.4) is 0 Å². The van der Waals surface area contributed by atoms with Gasteiger partial charge in [0.25, 0.3) is 5.91 Å². The Balaban J connectivity index is 1.60. The van der Waals surface area contributed by atoms with Gasteiger partial charge in [0.2, 0.25) is 0 Å². The van der Waals surface area contributed by atoms with E-state index in [0.717, 1.165) is 58.1 Å². The van der Waals surface area contributed by atoms with Crippen molar-refractivity contribution >= 4 is 35.4 Å². The summed E-state index contributed by atoms with van der Waals surface area (Å²) in [6.07, 6.45) is 3.12. The van der Waals surface area contributed by atoms with Crippen LogP contribution in [-0.4, -0.2) is 53.1 Å². The van der Waals surface area contributed by atoms with Crippen LogP contribution >= 0.6 is 23.5 Å². The predicted octanol–water partition coefficient (Wildman–Crippen LogP) is 6.54. The van der Waals surface area contributed by atoms with Crippen LogP contribution in [0.15, 0.2) is 60.7 Å². The molecule has 1 amide bonds. The summed E-state index contributed by atoms with van der Waals surface area (Å²) in [7, 11) is 0. The number of hydrogen-bond donors (Lipinski definition) is 2. The number of aryl methyl sites for hydroxylation is 1. The lowest BCUT2D eigenvalue weighted by molar-refractivity contribution is -0.139. The van der Waals surface area contributed by atoms with Gasteiger partial charge in [0.05, 0.1) is 19.3 Å². The van der Waals surface area contributed by atoms with Gasteiger partial charge in [0.15, 0.2) is 0 Å². The Morgan fingerprint density at radius 1 is 1.10 bits per heavy atom. The molecule has 0 spiro atoms. The van der Waals surface area contributed by atoms with E-state index < -0.39 is 17.9 Å². The maximum atomic E-state index is 13.4. The minimum Gasteiger partial charge on any atom is -0.493 e. The average molecular weight is 580 g/mol. The summed E-state index contributed by atoms with van der Waals surface area (Å²) in [6, 6.07) is 19.0. The summed E-state index contributed by atoms with van der Waals surface area (Å²) in [6.45, 7) is 5.24. The molecule has 1 aliphatic rings. The van der Waals surface area contributed by atoms with E-state index >= 15 is 0 Å². The summed E-state index contributed by atoms with van der Waals surface area (Å²) in [4.78, 5) is 25.2. The molecule has 40 heavy (non-hydrogen) atoms. The molecule has 0 saturated heterocycles. The summed E-state index contributed by atoms with van der Waals surface area (Å²) < 4.78 is 12.3. The van der Waals surface area contributed by atoms with Gasteiger partial charge < -0.3 is 19.9 Å². The second-order valence-corrected chi connectivity index (χ2v) is 12.1. The first kappa shape index (κ1) is 30.0. The van der Waals surface area contributed by atoms with Crippen molar-refractivity contribution in [1.29, 1.82) is 0 Å². The van der Waals surface area contributed by atoms with Crippen molar-refractivity contribution in [3.05, 3.63) is 88.5 Å². The number of ether oxygens (including phenoxy) is 2. The fraction of sp³-hybridized carbons (Fsp3) is 0.375. The highest BCUT2D eigenvalue weighted by Gasteiger charge is 2.23. The molecule has 0 unspecified atom stereocenters. The molecule has 4 rings (SSSR count). The minimum absolute atomic E-state index is 0.0999. The Bertz CT molecular complexity index is 1330. The second kappa shape index (κ2) is 14.6. The van der Waals surface area contributed by atoms with Gasteiger partial charge >= 0.3 is 5.97 Å². The third-order valence-corrected chi connectivity index (χ3v) is 8.59. The van der Waals surface area contributed by atoms with Gasteiger partial charge in [-0.2, -0.15) is 23.5 Å². The first-order valence-corrected chi connectivity index (χ1v) is 16.1. The number of benzene rings is 3. The van der Waals surface area contributed by atoms with Crippen molar-refractivity contribution in [2.75, 3.05) is 30.1 Å². The third kappa shape index (κ3) is 7.62. The number of amides is 1. The van der Waals surface area contributed by atoms with Gasteiger partial charge in [0, 0.05) is 17.7 Å². The van der Waals surface area contributed by atoms with Gasteiger partial charge in [-0.1, -0.05) is 49.4 Å². The zero-order valence-electron chi connectivity index (χ0n) is 23.3. The summed E-state index contributed by atoms with van der Waals surface area (Å²) in [5.74, 6) is 1.99. The lowest BCUT2D eigenvalue weighted by atomic mass is 9.93. The van der Waals surface area contributed by atoms with Crippen LogP contribution in [0.5, 0.6) is 5.75 Å². The second-order valence-electron chi connectivity index (χ2n) is 9.77. The number of hydrogen-bond acceptors (Lipinski definition) is 6. The molecule has 6 nitrogen and oxygen atoms in total. The van der Waals surface area contributed by atoms with Crippen molar-refractivity contribution < 1.29 is 24.2 Å². The molecule has 2 N–H and O–H groups in total. The van der Waals surface area contributed by atoms with Crippen molar-refractivity contribution in [1.82, 2.24) is 5.32 Å². The highest BCUT2D eigenvalue weighted by Crippen LogP contribution is 2.33. The monoisotopic (exact) mass is 579 g/mol. The van der Waals surface area contributed by atoms with E-state index in [1.54, 1.807) is 17.8 Å². The van der Waals surface area contributed by atoms with Crippen LogP contribution in [0.4, 0.5) is 0 Å². The van der Waals surface area contributed by atoms with E-state index in [2.05, 4.69) is 30.4 Å². The Labute approximate surface area is 245 Å². The molecular formula is C32H37NO5S2. The zero-order chi connectivity index (χ0) is 28.5. The number of thioether (sulfide) groups is 2. The Morgan fingerprint density at radius 2 is 1.93 bits per heavy atom. The molecule has 0 aromatic heterocycles. The topological polar surface area (TPSA) is 84.9 Å². The van der Waals surface area contributed by atoms with E-state index in [9.17, 15) is 14.7 Å². The number of carbonyl (C=O) groups is 2. The summed E-state index contributed by atoms with van der Waals surface area (Å²) in [5, 5.41) is 12.4. The number of carboxylic acids is 1. The van der Waals surface area contributed by atoms with E-state index in [1.165, 1.54) is 5.56 Å². The number of carboxylic acid groups (broad SMARTS) is 1.